The van der Waals surface area contributed by atoms with Crippen molar-refractivity contribution < 1.29 is 13.9 Å². The fourth-order valence-electron chi connectivity index (χ4n) is 2.50. The summed E-state index contributed by atoms with van der Waals surface area (Å²) in [5.74, 6) is -0.119. The van der Waals surface area contributed by atoms with E-state index in [1.54, 1.807) is 6.92 Å². The number of nitrogens with zero attached hydrogens (tertiary/aromatic N) is 5. The van der Waals surface area contributed by atoms with Gasteiger partial charge in [0.05, 0.1) is 13.2 Å². The van der Waals surface area contributed by atoms with Crippen LogP contribution in [0.4, 0.5) is 4.39 Å². The second-order valence-corrected chi connectivity index (χ2v) is 5.67. The molecule has 0 bridgehead atoms. The average Bonchev–Trinajstić information content (AvgIpc) is 2.91. The monoisotopic (exact) mass is 337 g/mol. The number of aryl methyl sites for hydroxylation is 2. The van der Waals surface area contributed by atoms with E-state index in [0.717, 1.165) is 22.5 Å². The van der Waals surface area contributed by atoms with Gasteiger partial charge in [0.1, 0.15) is 23.9 Å². The molecule has 8 nitrogen and oxygen atoms in total. The van der Waals surface area contributed by atoms with E-state index in [9.17, 15) is 9.18 Å². The van der Waals surface area contributed by atoms with Crippen LogP contribution in [0, 0.1) is 12.7 Å². The molecule has 0 saturated carbocycles. The second-order valence-electron chi connectivity index (χ2n) is 5.67. The van der Waals surface area contributed by atoms with Gasteiger partial charge in [0, 0.05) is 32.7 Å². The topological polar surface area (TPSA) is 74.4 Å². The Morgan fingerprint density at radius 3 is 2.71 bits per heavy atom. The van der Waals surface area contributed by atoms with Crippen LogP contribution in [0.5, 0.6) is 5.75 Å². The number of rotatable bonds is 5. The third-order valence-corrected chi connectivity index (χ3v) is 3.96. The summed E-state index contributed by atoms with van der Waals surface area (Å²) < 4.78 is 27.2. The van der Waals surface area contributed by atoms with Gasteiger partial charge in [0.2, 0.25) is 0 Å². The summed E-state index contributed by atoms with van der Waals surface area (Å²) in [6.07, 6.45) is 0. The van der Waals surface area contributed by atoms with Crippen LogP contribution in [0.25, 0.3) is 5.69 Å². The van der Waals surface area contributed by atoms with Crippen LogP contribution < -0.4 is 10.4 Å². The van der Waals surface area contributed by atoms with Gasteiger partial charge in [0.25, 0.3) is 0 Å². The molecule has 9 heteroatoms. The van der Waals surface area contributed by atoms with Crippen molar-refractivity contribution in [2.75, 3.05) is 39.5 Å². The standard InChI is InChI=1S/C15H20FN5O3/c1-11-9-13(21-15(22)19(2)17-18-21)14(10-12(11)16)24-8-5-20-3-6-23-7-4-20/h9-10H,3-8H2,1-2H3. The van der Waals surface area contributed by atoms with Gasteiger partial charge in [-0.1, -0.05) is 0 Å². The first kappa shape index (κ1) is 16.6. The van der Waals surface area contributed by atoms with Gasteiger partial charge < -0.3 is 9.47 Å². The first-order valence-electron chi connectivity index (χ1n) is 7.78. The van der Waals surface area contributed by atoms with Crippen molar-refractivity contribution in [3.63, 3.8) is 0 Å². The molecule has 2 heterocycles. The van der Waals surface area contributed by atoms with Gasteiger partial charge in [-0.3, -0.25) is 4.90 Å². The lowest BCUT2D eigenvalue weighted by atomic mass is 10.2. The molecule has 2 aromatic rings. The summed E-state index contributed by atoms with van der Waals surface area (Å²) in [7, 11) is 1.50. The highest BCUT2D eigenvalue weighted by molar-refractivity contribution is 5.48. The highest BCUT2D eigenvalue weighted by atomic mass is 19.1. The van der Waals surface area contributed by atoms with Crippen molar-refractivity contribution in [3.8, 4) is 11.4 Å². The quantitative estimate of drug-likeness (QED) is 0.772. The predicted octanol–water partition coefficient (Wildman–Crippen LogP) is 0.125. The summed E-state index contributed by atoms with van der Waals surface area (Å²) in [4.78, 5) is 14.3. The summed E-state index contributed by atoms with van der Waals surface area (Å²) >= 11 is 0. The molecule has 3 rings (SSSR count). The number of aromatic nitrogens is 4. The number of ether oxygens (including phenoxy) is 2. The molecule has 1 aromatic carbocycles. The van der Waals surface area contributed by atoms with Crippen LogP contribution in [-0.4, -0.2) is 64.1 Å². The zero-order valence-corrected chi connectivity index (χ0v) is 13.7. The molecule has 1 aromatic heterocycles. The molecule has 0 unspecified atom stereocenters. The van der Waals surface area contributed by atoms with Crippen LogP contribution in [0.15, 0.2) is 16.9 Å². The third kappa shape index (κ3) is 3.46. The average molecular weight is 337 g/mol. The number of hydrogen-bond donors (Lipinski definition) is 0. The molecular weight excluding hydrogens is 317 g/mol. The van der Waals surface area contributed by atoms with Crippen molar-refractivity contribution >= 4 is 0 Å². The fraction of sp³-hybridized carbons (Fsp3) is 0.533. The van der Waals surface area contributed by atoms with Crippen LogP contribution >= 0.6 is 0 Å². The van der Waals surface area contributed by atoms with Crippen LogP contribution in [-0.2, 0) is 11.8 Å². The van der Waals surface area contributed by atoms with Crippen molar-refractivity contribution in [2.24, 2.45) is 7.05 Å². The number of tetrazole rings is 1. The molecule has 1 saturated heterocycles. The molecule has 1 aliphatic rings. The highest BCUT2D eigenvalue weighted by Gasteiger charge is 2.16. The summed E-state index contributed by atoms with van der Waals surface area (Å²) in [6, 6.07) is 2.82. The fourth-order valence-corrected chi connectivity index (χ4v) is 2.50. The van der Waals surface area contributed by atoms with Crippen LogP contribution in [0.3, 0.4) is 0 Å². The summed E-state index contributed by atoms with van der Waals surface area (Å²) in [5, 5.41) is 7.49. The van der Waals surface area contributed by atoms with Crippen molar-refractivity contribution in [1.29, 1.82) is 0 Å². The maximum Gasteiger partial charge on any atom is 0.368 e. The molecule has 130 valence electrons. The Bertz CT molecular complexity index is 767. The smallest absolute Gasteiger partial charge is 0.368 e. The molecule has 0 N–H and O–H groups in total. The second kappa shape index (κ2) is 7.10. The zero-order valence-electron chi connectivity index (χ0n) is 13.7. The molecule has 0 spiro atoms. The maximum atomic E-state index is 13.9. The van der Waals surface area contributed by atoms with Crippen LogP contribution in [0.1, 0.15) is 5.56 Å². The Hall–Kier alpha value is -2.26. The van der Waals surface area contributed by atoms with Gasteiger partial charge >= 0.3 is 5.69 Å². The molecule has 0 aliphatic carbocycles. The molecule has 24 heavy (non-hydrogen) atoms. The number of benzene rings is 1. The van der Waals surface area contributed by atoms with Gasteiger partial charge in [-0.2, -0.15) is 9.36 Å². The van der Waals surface area contributed by atoms with E-state index >= 15 is 0 Å². The molecule has 1 fully saturated rings. The lowest BCUT2D eigenvalue weighted by molar-refractivity contribution is 0.0322. The molecule has 0 radical (unpaired) electrons. The Morgan fingerprint density at radius 2 is 2.04 bits per heavy atom. The number of hydrogen-bond acceptors (Lipinski definition) is 6. The normalized spacial score (nSPS) is 15.6. The molecule has 0 amide bonds. The maximum absolute atomic E-state index is 13.9. The van der Waals surface area contributed by atoms with E-state index in [2.05, 4.69) is 15.3 Å². The zero-order chi connectivity index (χ0) is 17.1. The summed E-state index contributed by atoms with van der Waals surface area (Å²) in [6.45, 7) is 5.82. The van der Waals surface area contributed by atoms with Crippen molar-refractivity contribution in [2.45, 2.75) is 6.92 Å². The minimum absolute atomic E-state index is 0.272. The SMILES string of the molecule is Cc1cc(-n2nnn(C)c2=O)c(OCCN2CCOCC2)cc1F. The number of morpholine rings is 1. The van der Waals surface area contributed by atoms with Gasteiger partial charge in [-0.15, -0.1) is 0 Å². The lowest BCUT2D eigenvalue weighted by Gasteiger charge is -2.26. The van der Waals surface area contributed by atoms with E-state index in [1.165, 1.54) is 19.2 Å². The van der Waals surface area contributed by atoms with Gasteiger partial charge in [-0.25, -0.2) is 9.18 Å². The summed E-state index contributed by atoms with van der Waals surface area (Å²) in [5.41, 5.74) is 0.371. The molecule has 0 atom stereocenters. The van der Waals surface area contributed by atoms with Gasteiger partial charge in [-0.05, 0) is 29.0 Å². The van der Waals surface area contributed by atoms with E-state index in [1.807, 2.05) is 0 Å². The minimum atomic E-state index is -0.418. The third-order valence-electron chi connectivity index (χ3n) is 3.96. The Labute approximate surface area is 138 Å². The van der Waals surface area contributed by atoms with E-state index in [4.69, 9.17) is 9.47 Å². The van der Waals surface area contributed by atoms with E-state index in [-0.39, 0.29) is 5.75 Å². The Balaban J connectivity index is 1.79. The Morgan fingerprint density at radius 1 is 1.29 bits per heavy atom. The van der Waals surface area contributed by atoms with Crippen molar-refractivity contribution in [1.82, 2.24) is 24.7 Å². The Kier molecular flexibility index (Phi) is 4.91. The predicted molar refractivity (Wildman–Crippen MR) is 84.0 cm³/mol. The first-order chi connectivity index (χ1) is 11.6. The molecule has 1 aliphatic heterocycles. The van der Waals surface area contributed by atoms with Gasteiger partial charge in [0.15, 0.2) is 0 Å². The number of halogens is 1. The van der Waals surface area contributed by atoms with E-state index < -0.39 is 11.5 Å². The van der Waals surface area contributed by atoms with Crippen LogP contribution in [0.2, 0.25) is 0 Å². The lowest BCUT2D eigenvalue weighted by Crippen LogP contribution is -2.38. The first-order valence-corrected chi connectivity index (χ1v) is 7.78. The largest absolute Gasteiger partial charge is 0.490 e. The molecular formula is C15H20FN5O3. The van der Waals surface area contributed by atoms with Crippen molar-refractivity contribution in [3.05, 3.63) is 34.0 Å². The minimum Gasteiger partial charge on any atom is -0.490 e. The van der Waals surface area contributed by atoms with E-state index in [0.29, 0.717) is 37.6 Å². The highest BCUT2D eigenvalue weighted by Crippen LogP contribution is 2.25.